The lowest BCUT2D eigenvalue weighted by molar-refractivity contribution is -0.384. The van der Waals surface area contributed by atoms with E-state index < -0.39 is 34.2 Å². The van der Waals surface area contributed by atoms with Gasteiger partial charge in [-0.1, -0.05) is 18.2 Å². The molecule has 1 aliphatic heterocycles. The molecule has 1 aromatic heterocycles. The molecule has 0 spiro atoms. The van der Waals surface area contributed by atoms with Gasteiger partial charge in [0.25, 0.3) is 17.4 Å². The van der Waals surface area contributed by atoms with E-state index >= 15 is 0 Å². The van der Waals surface area contributed by atoms with E-state index in [9.17, 15) is 29.2 Å². The second kappa shape index (κ2) is 8.38. The summed E-state index contributed by atoms with van der Waals surface area (Å²) in [6.45, 7) is -0.00797. The van der Waals surface area contributed by atoms with Crippen molar-refractivity contribution in [2.45, 2.75) is 12.6 Å². The predicted octanol–water partition coefficient (Wildman–Crippen LogP) is 3.75. The zero-order valence-electron chi connectivity index (χ0n) is 16.5. The number of nitro groups is 1. The molecule has 9 heteroatoms. The topological polar surface area (TPSA) is 114 Å². The molecule has 8 nitrogen and oxygen atoms in total. The third kappa shape index (κ3) is 3.83. The van der Waals surface area contributed by atoms with Crippen LogP contribution in [-0.2, 0) is 16.1 Å². The smallest absolute Gasteiger partial charge is 0.295 e. The first kappa shape index (κ1) is 20.9. The van der Waals surface area contributed by atoms with Crippen LogP contribution in [0.2, 0.25) is 0 Å². The Morgan fingerprint density at radius 2 is 1.88 bits per heavy atom. The number of benzene rings is 2. The fraction of sp³-hybridized carbons (Fsp3) is 0.0870. The van der Waals surface area contributed by atoms with Crippen molar-refractivity contribution in [2.24, 2.45) is 0 Å². The van der Waals surface area contributed by atoms with E-state index in [4.69, 9.17) is 0 Å². The molecular formula is C23H16FN3O5. The maximum atomic E-state index is 13.3. The Morgan fingerprint density at radius 3 is 2.53 bits per heavy atom. The van der Waals surface area contributed by atoms with E-state index in [0.717, 1.165) is 12.1 Å². The van der Waals surface area contributed by atoms with Crippen LogP contribution in [0.1, 0.15) is 22.7 Å². The maximum absolute atomic E-state index is 13.3. The van der Waals surface area contributed by atoms with Gasteiger partial charge >= 0.3 is 0 Å². The highest BCUT2D eigenvalue weighted by Gasteiger charge is 2.46. The van der Waals surface area contributed by atoms with E-state index in [1.807, 2.05) is 0 Å². The highest BCUT2D eigenvalue weighted by molar-refractivity contribution is 6.46. The highest BCUT2D eigenvalue weighted by atomic mass is 19.1. The SMILES string of the molecule is O=C1C(=O)N(Cc2cccnc2)[C@H](c2cccc([N+](=O)[O-])c2)/C1=C(\O)c1ccc(F)cc1. The number of carbonyl (C=O) groups is 2. The van der Waals surface area contributed by atoms with Gasteiger partial charge in [-0.25, -0.2) is 4.39 Å². The largest absolute Gasteiger partial charge is 0.507 e. The second-order valence-electron chi connectivity index (χ2n) is 7.15. The molecule has 0 bridgehead atoms. The van der Waals surface area contributed by atoms with Gasteiger partial charge in [-0.3, -0.25) is 24.7 Å². The first-order chi connectivity index (χ1) is 15.4. The molecular weight excluding hydrogens is 417 g/mol. The van der Waals surface area contributed by atoms with Gasteiger partial charge < -0.3 is 10.0 Å². The summed E-state index contributed by atoms with van der Waals surface area (Å²) in [6, 6.07) is 12.6. The van der Waals surface area contributed by atoms with Crippen molar-refractivity contribution in [2.75, 3.05) is 0 Å². The van der Waals surface area contributed by atoms with Crippen molar-refractivity contribution in [3.05, 3.63) is 111 Å². The zero-order chi connectivity index (χ0) is 22.8. The molecule has 1 saturated heterocycles. The Bertz CT molecular complexity index is 1240. The third-order valence-electron chi connectivity index (χ3n) is 5.13. The molecule has 0 saturated carbocycles. The Balaban J connectivity index is 1.89. The second-order valence-corrected chi connectivity index (χ2v) is 7.15. The third-order valence-corrected chi connectivity index (χ3v) is 5.13. The molecule has 0 unspecified atom stereocenters. The van der Waals surface area contributed by atoms with Gasteiger partial charge in [-0.15, -0.1) is 0 Å². The summed E-state index contributed by atoms with van der Waals surface area (Å²) >= 11 is 0. The number of amides is 1. The van der Waals surface area contributed by atoms with E-state index in [2.05, 4.69) is 4.98 Å². The highest BCUT2D eigenvalue weighted by Crippen LogP contribution is 2.41. The molecule has 4 rings (SSSR count). The van der Waals surface area contributed by atoms with Crippen LogP contribution < -0.4 is 0 Å². The molecule has 2 aromatic carbocycles. The summed E-state index contributed by atoms with van der Waals surface area (Å²) in [7, 11) is 0. The van der Waals surface area contributed by atoms with Crippen LogP contribution in [0.15, 0.2) is 78.6 Å². The van der Waals surface area contributed by atoms with Crippen LogP contribution in [0.4, 0.5) is 10.1 Å². The molecule has 1 fully saturated rings. The Hall–Kier alpha value is -4.40. The summed E-state index contributed by atoms with van der Waals surface area (Å²) in [5.74, 6) is -2.83. The Morgan fingerprint density at radius 1 is 1.12 bits per heavy atom. The van der Waals surface area contributed by atoms with Crippen molar-refractivity contribution < 1.29 is 24.0 Å². The number of aliphatic hydroxyl groups is 1. The number of nitrogens with zero attached hydrogens (tertiary/aromatic N) is 3. The van der Waals surface area contributed by atoms with Crippen LogP contribution >= 0.6 is 0 Å². The lowest BCUT2D eigenvalue weighted by Gasteiger charge is -2.25. The summed E-state index contributed by atoms with van der Waals surface area (Å²) in [6.07, 6.45) is 3.09. The number of aromatic nitrogens is 1. The number of Topliss-reactive ketones (excluding diaryl/α,β-unsaturated/α-hetero) is 1. The molecule has 1 aliphatic rings. The maximum Gasteiger partial charge on any atom is 0.295 e. The number of likely N-dealkylation sites (tertiary alicyclic amines) is 1. The number of hydrogen-bond acceptors (Lipinski definition) is 6. The number of non-ortho nitro benzene ring substituents is 1. The van der Waals surface area contributed by atoms with Crippen molar-refractivity contribution in [3.63, 3.8) is 0 Å². The van der Waals surface area contributed by atoms with Crippen molar-refractivity contribution >= 4 is 23.1 Å². The van der Waals surface area contributed by atoms with E-state index in [1.165, 1.54) is 47.5 Å². The Labute approximate surface area is 181 Å². The minimum Gasteiger partial charge on any atom is -0.507 e. The predicted molar refractivity (Wildman–Crippen MR) is 112 cm³/mol. The van der Waals surface area contributed by atoms with Gasteiger partial charge in [-0.05, 0) is 41.5 Å². The normalized spacial score (nSPS) is 17.5. The van der Waals surface area contributed by atoms with Gasteiger partial charge in [0, 0.05) is 36.6 Å². The molecule has 1 atom stereocenters. The van der Waals surface area contributed by atoms with Gasteiger partial charge in [0.1, 0.15) is 11.6 Å². The standard InChI is InChI=1S/C23H16FN3O5/c24-17-8-6-15(7-9-17)21(28)19-20(16-4-1-5-18(11-16)27(31)32)26(23(30)22(19)29)13-14-3-2-10-25-12-14/h1-12,20,28H,13H2/b21-19+/t20-/m1/s1. The average molecular weight is 433 g/mol. The number of rotatable bonds is 5. The minimum absolute atomic E-state index is 0.00797. The van der Waals surface area contributed by atoms with Crippen molar-refractivity contribution in [1.29, 1.82) is 0 Å². The van der Waals surface area contributed by atoms with Gasteiger partial charge in [0.05, 0.1) is 16.5 Å². The molecule has 0 radical (unpaired) electrons. The van der Waals surface area contributed by atoms with Crippen molar-refractivity contribution in [3.8, 4) is 0 Å². The molecule has 2 heterocycles. The summed E-state index contributed by atoms with van der Waals surface area (Å²) in [5.41, 5.74) is 0.598. The molecule has 32 heavy (non-hydrogen) atoms. The minimum atomic E-state index is -1.08. The molecule has 3 aromatic rings. The fourth-order valence-electron chi connectivity index (χ4n) is 3.65. The van der Waals surface area contributed by atoms with Gasteiger partial charge in [0.15, 0.2) is 0 Å². The summed E-state index contributed by atoms with van der Waals surface area (Å²) in [4.78, 5) is 41.8. The quantitative estimate of drug-likeness (QED) is 0.216. The first-order valence-corrected chi connectivity index (χ1v) is 9.54. The number of hydrogen-bond donors (Lipinski definition) is 1. The van der Waals surface area contributed by atoms with Crippen molar-refractivity contribution in [1.82, 2.24) is 9.88 Å². The van der Waals surface area contributed by atoms with Crippen LogP contribution in [0.25, 0.3) is 5.76 Å². The zero-order valence-corrected chi connectivity index (χ0v) is 16.5. The van der Waals surface area contributed by atoms with E-state index in [-0.39, 0.29) is 28.9 Å². The average Bonchev–Trinajstić information content (AvgIpc) is 3.05. The first-order valence-electron chi connectivity index (χ1n) is 9.54. The number of carbonyl (C=O) groups excluding carboxylic acids is 2. The number of pyridine rings is 1. The molecule has 1 amide bonds. The monoisotopic (exact) mass is 433 g/mol. The van der Waals surface area contributed by atoms with E-state index in [0.29, 0.717) is 5.56 Å². The number of ketones is 1. The lowest BCUT2D eigenvalue weighted by Crippen LogP contribution is -2.29. The van der Waals surface area contributed by atoms with E-state index in [1.54, 1.807) is 18.3 Å². The number of aliphatic hydroxyl groups excluding tert-OH is 1. The lowest BCUT2D eigenvalue weighted by atomic mass is 9.95. The Kier molecular flexibility index (Phi) is 5.46. The fourth-order valence-corrected chi connectivity index (χ4v) is 3.65. The van der Waals surface area contributed by atoms with Crippen LogP contribution in [-0.4, -0.2) is 31.6 Å². The molecule has 0 aliphatic carbocycles. The summed E-state index contributed by atoms with van der Waals surface area (Å²) < 4.78 is 13.3. The van der Waals surface area contributed by atoms with Crippen LogP contribution in [0.5, 0.6) is 0 Å². The molecule has 160 valence electrons. The van der Waals surface area contributed by atoms with Gasteiger partial charge in [-0.2, -0.15) is 0 Å². The molecule has 1 N–H and O–H groups in total. The van der Waals surface area contributed by atoms with Crippen LogP contribution in [0.3, 0.4) is 0 Å². The number of nitro benzene ring substituents is 1. The van der Waals surface area contributed by atoms with Gasteiger partial charge in [0.2, 0.25) is 0 Å². The summed E-state index contributed by atoms with van der Waals surface area (Å²) in [5, 5.41) is 22.2. The van der Waals surface area contributed by atoms with Crippen LogP contribution in [0, 0.1) is 15.9 Å². The number of halogens is 1.